The monoisotopic (exact) mass is 1010 g/mol. The first-order valence-electron chi connectivity index (χ1n) is 32.0. The second kappa shape index (κ2) is 61.2. The normalized spacial score (nSPS) is 12.2. The third-order valence-electron chi connectivity index (χ3n) is 14.4. The van der Waals surface area contributed by atoms with Gasteiger partial charge in [-0.05, 0) is 57.8 Å². The van der Waals surface area contributed by atoms with Gasteiger partial charge in [0.05, 0.1) is 0 Å². The second-order valence-electron chi connectivity index (χ2n) is 21.7. The summed E-state index contributed by atoms with van der Waals surface area (Å²) in [5.74, 6) is -0.868. The van der Waals surface area contributed by atoms with Gasteiger partial charge in [0.15, 0.2) is 6.10 Å². The first-order valence-corrected chi connectivity index (χ1v) is 32.0. The lowest BCUT2D eigenvalue weighted by molar-refractivity contribution is -0.167. The van der Waals surface area contributed by atoms with Crippen molar-refractivity contribution in [3.8, 4) is 0 Å². The van der Waals surface area contributed by atoms with Gasteiger partial charge in [-0.15, -0.1) is 0 Å². The predicted molar refractivity (Wildman–Crippen MR) is 312 cm³/mol. The van der Waals surface area contributed by atoms with E-state index < -0.39 is 6.10 Å². The SMILES string of the molecule is CCCCCCC/C=C\C/C=C\C/C=C\CCCCCCCCCCC(=O)OC(COC(=O)CCCCCCCC)COC(=O)CCCCCCCCCCCCCCCCCCCCCCCCCCC. The molecular weight excluding hydrogens is 889 g/mol. The van der Waals surface area contributed by atoms with Crippen molar-refractivity contribution in [2.24, 2.45) is 0 Å². The minimum Gasteiger partial charge on any atom is -0.462 e. The van der Waals surface area contributed by atoms with Crippen LogP contribution in [-0.2, 0) is 28.6 Å². The minimum atomic E-state index is -0.771. The number of carbonyl (C=O) groups excluding carboxylic acids is 3. The van der Waals surface area contributed by atoms with Crippen LogP contribution >= 0.6 is 0 Å². The average molecular weight is 1010 g/mol. The molecule has 0 rings (SSSR count). The van der Waals surface area contributed by atoms with Crippen molar-refractivity contribution in [2.75, 3.05) is 13.2 Å². The summed E-state index contributed by atoms with van der Waals surface area (Å²) in [6.45, 7) is 6.62. The molecule has 422 valence electrons. The summed E-state index contributed by atoms with van der Waals surface area (Å²) in [6.07, 6.45) is 74.8. The van der Waals surface area contributed by atoms with E-state index >= 15 is 0 Å². The summed E-state index contributed by atoms with van der Waals surface area (Å²) >= 11 is 0. The lowest BCUT2D eigenvalue weighted by atomic mass is 10.0. The molecular formula is C66H122O6. The van der Waals surface area contributed by atoms with Crippen LogP contribution < -0.4 is 0 Å². The van der Waals surface area contributed by atoms with Crippen LogP contribution in [0.2, 0.25) is 0 Å². The summed E-state index contributed by atoms with van der Waals surface area (Å²) in [6, 6.07) is 0. The number of unbranched alkanes of at least 4 members (excludes halogenated alkanes) is 42. The smallest absolute Gasteiger partial charge is 0.306 e. The van der Waals surface area contributed by atoms with Gasteiger partial charge in [0.1, 0.15) is 13.2 Å². The molecule has 0 bridgehead atoms. The van der Waals surface area contributed by atoms with Crippen LogP contribution in [-0.4, -0.2) is 37.2 Å². The van der Waals surface area contributed by atoms with E-state index in [0.717, 1.165) is 77.0 Å². The molecule has 0 aliphatic carbocycles. The standard InChI is InChI=1S/C66H122O6/c1-4-7-10-13-16-18-20-22-24-26-28-30-32-33-35-36-38-40-42-44-46-48-50-53-56-59-65(68)71-62-63(61-70-64(67)58-55-52-15-12-9-6-3)72-66(69)60-57-54-51-49-47-45-43-41-39-37-34-31-29-27-25-23-21-19-17-14-11-8-5-2/h21,23,27,29,34,37,63H,4-20,22,24-26,28,30-33,35-36,38-62H2,1-3H3/b23-21-,29-27-,37-34-. The van der Waals surface area contributed by atoms with Crippen LogP contribution in [0.25, 0.3) is 0 Å². The van der Waals surface area contributed by atoms with E-state index in [4.69, 9.17) is 14.2 Å². The minimum absolute atomic E-state index is 0.0711. The quantitative estimate of drug-likeness (QED) is 0.0261. The molecule has 0 amide bonds. The Balaban J connectivity index is 4.06. The molecule has 0 aromatic heterocycles. The molecule has 0 fully saturated rings. The molecule has 0 aliphatic rings. The van der Waals surface area contributed by atoms with Crippen LogP contribution in [0.3, 0.4) is 0 Å². The van der Waals surface area contributed by atoms with E-state index in [9.17, 15) is 14.4 Å². The highest BCUT2D eigenvalue weighted by atomic mass is 16.6. The molecule has 0 N–H and O–H groups in total. The highest BCUT2D eigenvalue weighted by Gasteiger charge is 2.19. The third kappa shape index (κ3) is 58.5. The highest BCUT2D eigenvalue weighted by Crippen LogP contribution is 2.18. The van der Waals surface area contributed by atoms with Gasteiger partial charge in [-0.1, -0.05) is 308 Å². The molecule has 0 radical (unpaired) electrons. The third-order valence-corrected chi connectivity index (χ3v) is 14.4. The number of hydrogen-bond acceptors (Lipinski definition) is 6. The second-order valence-corrected chi connectivity index (χ2v) is 21.7. The number of carbonyl (C=O) groups is 3. The molecule has 6 heteroatoms. The summed E-state index contributed by atoms with van der Waals surface area (Å²) < 4.78 is 16.8. The Hall–Kier alpha value is -2.37. The maximum atomic E-state index is 12.8. The number of hydrogen-bond donors (Lipinski definition) is 0. The summed E-state index contributed by atoms with van der Waals surface area (Å²) in [7, 11) is 0. The fourth-order valence-electron chi connectivity index (χ4n) is 9.57. The van der Waals surface area contributed by atoms with Crippen LogP contribution in [0.1, 0.15) is 348 Å². The van der Waals surface area contributed by atoms with Gasteiger partial charge >= 0.3 is 17.9 Å². The van der Waals surface area contributed by atoms with E-state index in [1.165, 1.54) is 231 Å². The fourth-order valence-corrected chi connectivity index (χ4v) is 9.57. The van der Waals surface area contributed by atoms with Crippen LogP contribution in [0.5, 0.6) is 0 Å². The first kappa shape index (κ1) is 69.6. The van der Waals surface area contributed by atoms with Gasteiger partial charge < -0.3 is 14.2 Å². The summed E-state index contributed by atoms with van der Waals surface area (Å²) in [5, 5.41) is 0. The molecule has 0 aromatic carbocycles. The zero-order valence-corrected chi connectivity index (χ0v) is 48.5. The Morgan fingerprint density at radius 1 is 0.278 bits per heavy atom. The first-order chi connectivity index (χ1) is 35.5. The Kier molecular flexibility index (Phi) is 59.2. The van der Waals surface area contributed by atoms with Crippen molar-refractivity contribution in [1.82, 2.24) is 0 Å². The van der Waals surface area contributed by atoms with Crippen molar-refractivity contribution in [1.29, 1.82) is 0 Å². The largest absolute Gasteiger partial charge is 0.462 e. The van der Waals surface area contributed by atoms with Gasteiger partial charge in [0.25, 0.3) is 0 Å². The predicted octanol–water partition coefficient (Wildman–Crippen LogP) is 21.6. The summed E-state index contributed by atoms with van der Waals surface area (Å²) in [4.78, 5) is 38.0. The topological polar surface area (TPSA) is 78.9 Å². The van der Waals surface area contributed by atoms with Gasteiger partial charge in [0.2, 0.25) is 0 Å². The number of rotatable bonds is 59. The summed E-state index contributed by atoms with van der Waals surface area (Å²) in [5.41, 5.74) is 0. The molecule has 72 heavy (non-hydrogen) atoms. The van der Waals surface area contributed by atoms with Gasteiger partial charge in [-0.3, -0.25) is 14.4 Å². The molecule has 0 saturated heterocycles. The van der Waals surface area contributed by atoms with Crippen molar-refractivity contribution in [3.05, 3.63) is 36.5 Å². The highest BCUT2D eigenvalue weighted by molar-refractivity contribution is 5.71. The van der Waals surface area contributed by atoms with Crippen LogP contribution in [0, 0.1) is 0 Å². The Morgan fingerprint density at radius 2 is 0.500 bits per heavy atom. The number of esters is 3. The van der Waals surface area contributed by atoms with E-state index in [1.54, 1.807) is 0 Å². The van der Waals surface area contributed by atoms with E-state index in [0.29, 0.717) is 19.3 Å². The lowest BCUT2D eigenvalue weighted by Crippen LogP contribution is -2.30. The number of allylic oxidation sites excluding steroid dienone is 6. The Morgan fingerprint density at radius 3 is 0.778 bits per heavy atom. The van der Waals surface area contributed by atoms with Crippen molar-refractivity contribution >= 4 is 17.9 Å². The maximum absolute atomic E-state index is 12.8. The van der Waals surface area contributed by atoms with E-state index in [-0.39, 0.29) is 31.1 Å². The maximum Gasteiger partial charge on any atom is 0.306 e. The molecule has 0 spiro atoms. The molecule has 0 aromatic rings. The van der Waals surface area contributed by atoms with Crippen molar-refractivity contribution in [3.63, 3.8) is 0 Å². The van der Waals surface area contributed by atoms with Gasteiger partial charge in [-0.25, -0.2) is 0 Å². The van der Waals surface area contributed by atoms with Crippen LogP contribution in [0.15, 0.2) is 36.5 Å². The molecule has 0 heterocycles. The zero-order valence-electron chi connectivity index (χ0n) is 48.5. The molecule has 0 saturated carbocycles. The zero-order chi connectivity index (χ0) is 52.2. The molecule has 0 aliphatic heterocycles. The molecule has 6 nitrogen and oxygen atoms in total. The van der Waals surface area contributed by atoms with Gasteiger partial charge in [0, 0.05) is 19.3 Å². The molecule has 1 atom stereocenters. The Bertz CT molecular complexity index is 1210. The van der Waals surface area contributed by atoms with Crippen molar-refractivity contribution < 1.29 is 28.6 Å². The molecule has 1 unspecified atom stereocenters. The van der Waals surface area contributed by atoms with Crippen LogP contribution in [0.4, 0.5) is 0 Å². The lowest BCUT2D eigenvalue weighted by Gasteiger charge is -2.18. The van der Waals surface area contributed by atoms with E-state index in [2.05, 4.69) is 57.2 Å². The fraction of sp³-hybridized carbons (Fsp3) is 0.864. The Labute approximate surface area is 448 Å². The van der Waals surface area contributed by atoms with Gasteiger partial charge in [-0.2, -0.15) is 0 Å². The number of ether oxygens (including phenoxy) is 3. The van der Waals surface area contributed by atoms with Crippen molar-refractivity contribution in [2.45, 2.75) is 354 Å². The van der Waals surface area contributed by atoms with E-state index in [1.807, 2.05) is 0 Å². The average Bonchev–Trinajstić information content (AvgIpc) is 3.38.